The summed E-state index contributed by atoms with van der Waals surface area (Å²) in [7, 11) is 2.18. The van der Waals surface area contributed by atoms with Gasteiger partial charge in [0.25, 0.3) is 5.91 Å². The fourth-order valence-electron chi connectivity index (χ4n) is 4.32. The molecule has 2 atom stereocenters. The Kier molecular flexibility index (Phi) is 4.74. The van der Waals surface area contributed by atoms with Gasteiger partial charge in [0.05, 0.1) is 0 Å². The number of hydrogen-bond acceptors (Lipinski definition) is 6. The zero-order chi connectivity index (χ0) is 19.1. The van der Waals surface area contributed by atoms with E-state index in [1.54, 1.807) is 23.5 Å². The first-order chi connectivity index (χ1) is 12.9. The Balaban J connectivity index is 1.45. The molecule has 0 spiro atoms. The van der Waals surface area contributed by atoms with E-state index in [-0.39, 0.29) is 17.7 Å². The zero-order valence-electron chi connectivity index (χ0n) is 15.7. The lowest BCUT2D eigenvalue weighted by Gasteiger charge is -2.36. The number of fused-ring (bicyclic) bond motifs is 2. The maximum atomic E-state index is 12.6. The van der Waals surface area contributed by atoms with Gasteiger partial charge in [-0.25, -0.2) is 4.98 Å². The summed E-state index contributed by atoms with van der Waals surface area (Å²) in [4.78, 5) is 20.6. The van der Waals surface area contributed by atoms with E-state index in [0.29, 0.717) is 23.3 Å². The number of nitrogen functional groups attached to an aromatic ring is 1. The summed E-state index contributed by atoms with van der Waals surface area (Å²) in [5, 5.41) is 12.3. The van der Waals surface area contributed by atoms with Crippen LogP contribution < -0.4 is 11.1 Å². The van der Waals surface area contributed by atoms with Gasteiger partial charge in [0.15, 0.2) is 0 Å². The predicted octanol–water partition coefficient (Wildman–Crippen LogP) is 2.81. The Morgan fingerprint density at radius 1 is 1.33 bits per heavy atom. The van der Waals surface area contributed by atoms with E-state index in [2.05, 4.69) is 22.2 Å². The minimum absolute atomic E-state index is 0.0688. The predicted molar refractivity (Wildman–Crippen MR) is 109 cm³/mol. The van der Waals surface area contributed by atoms with Crippen LogP contribution >= 0.6 is 11.3 Å². The Hall–Kier alpha value is -2.25. The summed E-state index contributed by atoms with van der Waals surface area (Å²) >= 11 is 1.60. The molecule has 7 heteroatoms. The van der Waals surface area contributed by atoms with Crippen LogP contribution in [-0.4, -0.2) is 46.7 Å². The third-order valence-electron chi connectivity index (χ3n) is 5.85. The molecule has 0 saturated carbocycles. The normalized spacial score (nSPS) is 24.7. The van der Waals surface area contributed by atoms with Gasteiger partial charge in [0.1, 0.15) is 10.7 Å². The van der Waals surface area contributed by atoms with E-state index in [4.69, 9.17) is 11.1 Å². The third kappa shape index (κ3) is 3.49. The van der Waals surface area contributed by atoms with Crippen LogP contribution in [0.15, 0.2) is 24.4 Å². The second-order valence-electron chi connectivity index (χ2n) is 7.65. The number of nitrogens with zero attached hydrogens (tertiary/aromatic N) is 2. The maximum Gasteiger partial charge on any atom is 0.270 e. The minimum Gasteiger partial charge on any atom is -0.398 e. The molecule has 4 rings (SSSR count). The van der Waals surface area contributed by atoms with Crippen LogP contribution in [0.5, 0.6) is 0 Å². The van der Waals surface area contributed by atoms with Crippen LogP contribution in [0.1, 0.15) is 36.1 Å². The number of aromatic nitrogens is 1. The quantitative estimate of drug-likeness (QED) is 0.559. The fourth-order valence-corrected chi connectivity index (χ4v) is 5.08. The molecule has 4 N–H and O–H groups in total. The molecule has 1 amide bonds. The summed E-state index contributed by atoms with van der Waals surface area (Å²) in [5.41, 5.74) is 7.91. The van der Waals surface area contributed by atoms with Gasteiger partial charge in [-0.05, 0) is 51.8 Å². The molecule has 1 aromatic carbocycles. The lowest BCUT2D eigenvalue weighted by Crippen LogP contribution is -2.50. The van der Waals surface area contributed by atoms with Crippen molar-refractivity contribution in [1.29, 1.82) is 5.41 Å². The van der Waals surface area contributed by atoms with Crippen molar-refractivity contribution in [2.24, 2.45) is 0 Å². The minimum atomic E-state index is -0.339. The number of anilines is 1. The third-order valence-corrected chi connectivity index (χ3v) is 6.81. The van der Waals surface area contributed by atoms with Crippen molar-refractivity contribution >= 4 is 28.6 Å². The van der Waals surface area contributed by atoms with Crippen molar-refractivity contribution < 1.29 is 4.79 Å². The number of nitrogens with two attached hydrogens (primary N) is 1. The van der Waals surface area contributed by atoms with E-state index in [9.17, 15) is 4.79 Å². The number of benzene rings is 1. The molecule has 6 nitrogen and oxygen atoms in total. The average Bonchev–Trinajstić information content (AvgIpc) is 3.14. The molecule has 2 fully saturated rings. The molecular weight excluding hydrogens is 358 g/mol. The average molecular weight is 384 g/mol. The van der Waals surface area contributed by atoms with Crippen LogP contribution in [-0.2, 0) is 4.79 Å². The highest BCUT2D eigenvalue weighted by atomic mass is 32.1. The van der Waals surface area contributed by atoms with E-state index >= 15 is 0 Å². The topological polar surface area (TPSA) is 95.1 Å². The molecule has 3 heterocycles. The SMILES string of the molecule is Cc1cnc(-c2ccc(C(=N)C(=O)NC3CC4CCC(C3)N4C)c(N)c2)s1. The molecule has 1 aromatic heterocycles. The summed E-state index contributed by atoms with van der Waals surface area (Å²) in [6, 6.07) is 6.67. The first-order valence-electron chi connectivity index (χ1n) is 9.36. The molecule has 2 aliphatic heterocycles. The highest BCUT2D eigenvalue weighted by Gasteiger charge is 2.39. The summed E-state index contributed by atoms with van der Waals surface area (Å²) in [6.07, 6.45) is 6.16. The van der Waals surface area contributed by atoms with E-state index < -0.39 is 0 Å². The smallest absolute Gasteiger partial charge is 0.270 e. The highest BCUT2D eigenvalue weighted by Crippen LogP contribution is 2.34. The van der Waals surface area contributed by atoms with Gasteiger partial charge in [-0.15, -0.1) is 11.3 Å². The van der Waals surface area contributed by atoms with Crippen molar-refractivity contribution in [2.75, 3.05) is 12.8 Å². The van der Waals surface area contributed by atoms with E-state index in [0.717, 1.165) is 28.3 Å². The van der Waals surface area contributed by atoms with Crippen LogP contribution in [0.3, 0.4) is 0 Å². The number of carbonyl (C=O) groups excluding carboxylic acids is 1. The Morgan fingerprint density at radius 2 is 2.04 bits per heavy atom. The van der Waals surface area contributed by atoms with E-state index in [1.807, 2.05) is 19.2 Å². The van der Waals surface area contributed by atoms with Crippen molar-refractivity contribution in [1.82, 2.24) is 15.2 Å². The lowest BCUT2D eigenvalue weighted by atomic mass is 9.97. The van der Waals surface area contributed by atoms with Gasteiger partial charge in [-0.2, -0.15) is 0 Å². The molecule has 2 aromatic rings. The maximum absolute atomic E-state index is 12.6. The van der Waals surface area contributed by atoms with Gasteiger partial charge >= 0.3 is 0 Å². The van der Waals surface area contributed by atoms with Crippen molar-refractivity contribution in [3.63, 3.8) is 0 Å². The molecule has 2 saturated heterocycles. The van der Waals surface area contributed by atoms with Crippen LogP contribution in [0.4, 0.5) is 5.69 Å². The molecule has 2 bridgehead atoms. The largest absolute Gasteiger partial charge is 0.398 e. The van der Waals surface area contributed by atoms with Crippen LogP contribution in [0, 0.1) is 12.3 Å². The van der Waals surface area contributed by atoms with E-state index in [1.165, 1.54) is 12.8 Å². The molecule has 142 valence electrons. The summed E-state index contributed by atoms with van der Waals surface area (Å²) in [6.45, 7) is 2.01. The lowest BCUT2D eigenvalue weighted by molar-refractivity contribution is -0.115. The molecule has 0 radical (unpaired) electrons. The number of nitrogens with one attached hydrogen (secondary N) is 2. The first-order valence-corrected chi connectivity index (χ1v) is 10.2. The van der Waals surface area contributed by atoms with Crippen molar-refractivity contribution in [3.05, 3.63) is 34.8 Å². The number of hydrogen-bond donors (Lipinski definition) is 3. The highest BCUT2D eigenvalue weighted by molar-refractivity contribution is 7.14. The molecular formula is C20H25N5OS. The number of rotatable bonds is 4. The van der Waals surface area contributed by atoms with Gasteiger partial charge in [0.2, 0.25) is 0 Å². The van der Waals surface area contributed by atoms with Crippen LogP contribution in [0.25, 0.3) is 10.6 Å². The van der Waals surface area contributed by atoms with Gasteiger partial charge in [0, 0.05) is 46.0 Å². The van der Waals surface area contributed by atoms with Gasteiger partial charge < -0.3 is 16.0 Å². The first kappa shape index (κ1) is 18.1. The standard InChI is InChI=1S/C20H25N5OS/c1-11-10-23-20(27-11)12-3-6-16(17(21)7-12)18(22)19(26)24-13-8-14-4-5-15(9-13)25(14)2/h3,6-7,10,13-15,22H,4-5,8-9,21H2,1-2H3,(H,24,26). The Morgan fingerprint density at radius 3 is 2.63 bits per heavy atom. The monoisotopic (exact) mass is 383 g/mol. The Labute approximate surface area is 163 Å². The van der Waals surface area contributed by atoms with Crippen molar-refractivity contribution in [2.45, 2.75) is 50.7 Å². The second kappa shape index (κ2) is 7.05. The second-order valence-corrected chi connectivity index (χ2v) is 8.88. The zero-order valence-corrected chi connectivity index (χ0v) is 16.5. The number of carbonyl (C=O) groups is 1. The van der Waals surface area contributed by atoms with Gasteiger partial charge in [-0.1, -0.05) is 6.07 Å². The number of aryl methyl sites for hydroxylation is 1. The molecule has 2 aliphatic rings. The number of thiazole rings is 1. The van der Waals surface area contributed by atoms with Crippen LogP contribution in [0.2, 0.25) is 0 Å². The summed E-state index contributed by atoms with van der Waals surface area (Å²) < 4.78 is 0. The van der Waals surface area contributed by atoms with Crippen molar-refractivity contribution in [3.8, 4) is 10.6 Å². The Bertz CT molecular complexity index is 878. The number of amides is 1. The molecule has 0 aliphatic carbocycles. The summed E-state index contributed by atoms with van der Waals surface area (Å²) in [5.74, 6) is -0.339. The molecule has 27 heavy (non-hydrogen) atoms. The van der Waals surface area contributed by atoms with Gasteiger partial charge in [-0.3, -0.25) is 10.2 Å². The molecule has 2 unspecified atom stereocenters. The number of piperidine rings is 1. The fraction of sp³-hybridized carbons (Fsp3) is 0.450.